The van der Waals surface area contributed by atoms with Crippen molar-refractivity contribution in [3.8, 4) is 12.3 Å². The first-order valence-electron chi connectivity index (χ1n) is 4.90. The topological polar surface area (TPSA) is 20.3 Å². The fourth-order valence-electron chi connectivity index (χ4n) is 1.63. The van der Waals surface area contributed by atoms with Gasteiger partial charge in [0.2, 0.25) is 5.91 Å². The van der Waals surface area contributed by atoms with Crippen molar-refractivity contribution in [2.75, 3.05) is 13.1 Å². The van der Waals surface area contributed by atoms with Crippen LogP contribution >= 0.6 is 0 Å². The Kier molecular flexibility index (Phi) is 3.36. The molecule has 1 aliphatic heterocycles. The van der Waals surface area contributed by atoms with E-state index in [1.54, 1.807) is 0 Å². The SMILES string of the molecule is C#CC1CCN(C(=O)C(C)C)CC1. The Morgan fingerprint density at radius 2 is 2.00 bits per heavy atom. The summed E-state index contributed by atoms with van der Waals surface area (Å²) in [7, 11) is 0. The van der Waals surface area contributed by atoms with Crippen LogP contribution < -0.4 is 0 Å². The minimum absolute atomic E-state index is 0.113. The van der Waals surface area contributed by atoms with E-state index in [0.29, 0.717) is 5.92 Å². The second-order valence-electron chi connectivity index (χ2n) is 3.92. The number of nitrogens with zero attached hydrogens (tertiary/aromatic N) is 1. The molecule has 72 valence electrons. The molecule has 1 aliphatic rings. The molecule has 1 heterocycles. The summed E-state index contributed by atoms with van der Waals surface area (Å²) in [6, 6.07) is 0. The van der Waals surface area contributed by atoms with Crippen LogP contribution in [-0.4, -0.2) is 23.9 Å². The Labute approximate surface area is 80.3 Å². The van der Waals surface area contributed by atoms with Crippen molar-refractivity contribution < 1.29 is 4.79 Å². The minimum atomic E-state index is 0.113. The zero-order valence-corrected chi connectivity index (χ0v) is 8.42. The molecular formula is C11H17NO. The van der Waals surface area contributed by atoms with Crippen LogP contribution in [0.5, 0.6) is 0 Å². The average Bonchev–Trinajstić information content (AvgIpc) is 2.17. The van der Waals surface area contributed by atoms with Gasteiger partial charge in [0, 0.05) is 24.9 Å². The molecule has 0 spiro atoms. The van der Waals surface area contributed by atoms with Crippen LogP contribution in [0.4, 0.5) is 0 Å². The van der Waals surface area contributed by atoms with Crippen LogP contribution in [-0.2, 0) is 4.79 Å². The van der Waals surface area contributed by atoms with Crippen molar-refractivity contribution >= 4 is 5.91 Å². The normalized spacial score (nSPS) is 18.8. The van der Waals surface area contributed by atoms with Gasteiger partial charge in [-0.3, -0.25) is 4.79 Å². The third-order valence-corrected chi connectivity index (χ3v) is 2.54. The second kappa shape index (κ2) is 4.32. The highest BCUT2D eigenvalue weighted by Gasteiger charge is 2.22. The molecule has 1 fully saturated rings. The van der Waals surface area contributed by atoms with E-state index < -0.39 is 0 Å². The highest BCUT2D eigenvalue weighted by molar-refractivity contribution is 5.78. The highest BCUT2D eigenvalue weighted by Crippen LogP contribution is 2.17. The quantitative estimate of drug-likeness (QED) is 0.559. The predicted octanol–water partition coefficient (Wildman–Crippen LogP) is 1.51. The molecule has 1 amide bonds. The molecule has 0 saturated carbocycles. The summed E-state index contributed by atoms with van der Waals surface area (Å²) in [5.74, 6) is 3.51. The Morgan fingerprint density at radius 3 is 2.38 bits per heavy atom. The average molecular weight is 179 g/mol. The molecule has 2 nitrogen and oxygen atoms in total. The smallest absolute Gasteiger partial charge is 0.225 e. The molecule has 0 aromatic heterocycles. The second-order valence-corrected chi connectivity index (χ2v) is 3.92. The van der Waals surface area contributed by atoms with E-state index in [0.717, 1.165) is 25.9 Å². The first-order valence-corrected chi connectivity index (χ1v) is 4.90. The largest absolute Gasteiger partial charge is 0.342 e. The molecule has 13 heavy (non-hydrogen) atoms. The van der Waals surface area contributed by atoms with Gasteiger partial charge in [-0.05, 0) is 12.8 Å². The Morgan fingerprint density at radius 1 is 1.46 bits per heavy atom. The number of carbonyl (C=O) groups is 1. The molecule has 0 atom stereocenters. The monoisotopic (exact) mass is 179 g/mol. The first-order chi connectivity index (χ1) is 6.15. The van der Waals surface area contributed by atoms with Gasteiger partial charge >= 0.3 is 0 Å². The number of likely N-dealkylation sites (tertiary alicyclic amines) is 1. The van der Waals surface area contributed by atoms with Crippen molar-refractivity contribution in [3.05, 3.63) is 0 Å². The molecule has 0 N–H and O–H groups in total. The summed E-state index contributed by atoms with van der Waals surface area (Å²) in [4.78, 5) is 13.5. The highest BCUT2D eigenvalue weighted by atomic mass is 16.2. The Hall–Kier alpha value is -0.970. The van der Waals surface area contributed by atoms with Gasteiger partial charge in [-0.15, -0.1) is 12.3 Å². The maximum Gasteiger partial charge on any atom is 0.225 e. The van der Waals surface area contributed by atoms with E-state index in [1.807, 2.05) is 18.7 Å². The van der Waals surface area contributed by atoms with Gasteiger partial charge in [0.1, 0.15) is 0 Å². The van der Waals surface area contributed by atoms with Gasteiger partial charge in [-0.1, -0.05) is 13.8 Å². The van der Waals surface area contributed by atoms with Gasteiger partial charge in [-0.25, -0.2) is 0 Å². The summed E-state index contributed by atoms with van der Waals surface area (Å²) < 4.78 is 0. The van der Waals surface area contributed by atoms with Gasteiger partial charge in [0.15, 0.2) is 0 Å². The maximum atomic E-state index is 11.6. The van der Waals surface area contributed by atoms with Crippen molar-refractivity contribution in [3.63, 3.8) is 0 Å². The van der Waals surface area contributed by atoms with Crippen molar-refractivity contribution in [1.29, 1.82) is 0 Å². The molecule has 0 radical (unpaired) electrons. The zero-order valence-electron chi connectivity index (χ0n) is 8.42. The standard InChI is InChI=1S/C11H17NO/c1-4-10-5-7-12(8-6-10)11(13)9(2)3/h1,9-10H,5-8H2,2-3H3. The lowest BCUT2D eigenvalue weighted by atomic mass is 9.97. The summed E-state index contributed by atoms with van der Waals surface area (Å²) in [5.41, 5.74) is 0. The number of terminal acetylenes is 1. The van der Waals surface area contributed by atoms with Crippen LogP contribution in [0, 0.1) is 24.2 Å². The number of amides is 1. The molecule has 0 aliphatic carbocycles. The lowest BCUT2D eigenvalue weighted by Gasteiger charge is -2.31. The fraction of sp³-hybridized carbons (Fsp3) is 0.727. The lowest BCUT2D eigenvalue weighted by Crippen LogP contribution is -2.40. The first kappa shape index (κ1) is 10.1. The van der Waals surface area contributed by atoms with E-state index in [-0.39, 0.29) is 11.8 Å². The number of hydrogen-bond donors (Lipinski definition) is 0. The summed E-state index contributed by atoms with van der Waals surface area (Å²) >= 11 is 0. The van der Waals surface area contributed by atoms with E-state index in [2.05, 4.69) is 5.92 Å². The van der Waals surface area contributed by atoms with Crippen LogP contribution in [0.15, 0.2) is 0 Å². The third kappa shape index (κ3) is 2.48. The summed E-state index contributed by atoms with van der Waals surface area (Å²) in [6.45, 7) is 5.56. The molecular weight excluding hydrogens is 162 g/mol. The molecule has 2 heteroatoms. The molecule has 0 aromatic rings. The van der Waals surface area contributed by atoms with Crippen LogP contribution in [0.1, 0.15) is 26.7 Å². The van der Waals surface area contributed by atoms with Gasteiger partial charge < -0.3 is 4.90 Å². The van der Waals surface area contributed by atoms with Crippen molar-refractivity contribution in [1.82, 2.24) is 4.90 Å². The van der Waals surface area contributed by atoms with Gasteiger partial charge in [-0.2, -0.15) is 0 Å². The Bertz CT molecular complexity index is 219. The predicted molar refractivity (Wildman–Crippen MR) is 53.0 cm³/mol. The molecule has 1 saturated heterocycles. The molecule has 0 unspecified atom stereocenters. The van der Waals surface area contributed by atoms with E-state index in [1.165, 1.54) is 0 Å². The molecule has 0 bridgehead atoms. The van der Waals surface area contributed by atoms with Crippen molar-refractivity contribution in [2.24, 2.45) is 11.8 Å². The van der Waals surface area contributed by atoms with Crippen molar-refractivity contribution in [2.45, 2.75) is 26.7 Å². The molecule has 1 rings (SSSR count). The number of carbonyl (C=O) groups excluding carboxylic acids is 1. The minimum Gasteiger partial charge on any atom is -0.342 e. The Balaban J connectivity index is 2.42. The molecule has 0 aromatic carbocycles. The third-order valence-electron chi connectivity index (χ3n) is 2.54. The van der Waals surface area contributed by atoms with E-state index in [9.17, 15) is 4.79 Å². The zero-order chi connectivity index (χ0) is 9.84. The number of hydrogen-bond acceptors (Lipinski definition) is 1. The van der Waals surface area contributed by atoms with E-state index >= 15 is 0 Å². The number of rotatable bonds is 1. The van der Waals surface area contributed by atoms with Crippen LogP contribution in [0.25, 0.3) is 0 Å². The lowest BCUT2D eigenvalue weighted by molar-refractivity contribution is -0.135. The number of piperidine rings is 1. The van der Waals surface area contributed by atoms with E-state index in [4.69, 9.17) is 6.42 Å². The fourth-order valence-corrected chi connectivity index (χ4v) is 1.63. The van der Waals surface area contributed by atoms with Gasteiger partial charge in [0.25, 0.3) is 0 Å². The summed E-state index contributed by atoms with van der Waals surface area (Å²) in [6.07, 6.45) is 7.27. The summed E-state index contributed by atoms with van der Waals surface area (Å²) in [5, 5.41) is 0. The van der Waals surface area contributed by atoms with Gasteiger partial charge in [0.05, 0.1) is 0 Å². The van der Waals surface area contributed by atoms with Crippen LogP contribution in [0.2, 0.25) is 0 Å². The van der Waals surface area contributed by atoms with Crippen LogP contribution in [0.3, 0.4) is 0 Å². The maximum absolute atomic E-state index is 11.6.